The number of nitrogens with one attached hydrogen (secondary N) is 1. The van der Waals surface area contributed by atoms with Gasteiger partial charge in [-0.2, -0.15) is 0 Å². The van der Waals surface area contributed by atoms with Crippen molar-refractivity contribution in [2.24, 2.45) is 5.73 Å². The van der Waals surface area contributed by atoms with Crippen LogP contribution in [0.1, 0.15) is 18.4 Å². The van der Waals surface area contributed by atoms with E-state index in [0.29, 0.717) is 30.6 Å². The summed E-state index contributed by atoms with van der Waals surface area (Å²) in [5, 5.41) is 13.3. The second-order valence-corrected chi connectivity index (χ2v) is 4.22. The summed E-state index contributed by atoms with van der Waals surface area (Å²) in [5.41, 5.74) is 6.20. The lowest BCUT2D eigenvalue weighted by Crippen LogP contribution is -2.14. The number of carbonyl (C=O) groups excluding carboxylic acids is 1. The third kappa shape index (κ3) is 3.68. The Balaban J connectivity index is 2.88. The van der Waals surface area contributed by atoms with Gasteiger partial charge in [0.2, 0.25) is 5.91 Å². The minimum absolute atomic E-state index is 0.000255. The second kappa shape index (κ2) is 6.32. The van der Waals surface area contributed by atoms with Gasteiger partial charge in [-0.1, -0.05) is 11.6 Å². The number of carbonyl (C=O) groups is 1. The first-order valence-corrected chi connectivity index (χ1v) is 5.78. The molecule has 98 valence electrons. The fourth-order valence-corrected chi connectivity index (χ4v) is 1.65. The topological polar surface area (TPSA) is 98.3 Å². The molecule has 0 aliphatic heterocycles. The molecule has 0 aliphatic rings. The van der Waals surface area contributed by atoms with Crippen molar-refractivity contribution in [1.29, 1.82) is 0 Å². The number of amides is 1. The van der Waals surface area contributed by atoms with E-state index in [9.17, 15) is 14.9 Å². The highest BCUT2D eigenvalue weighted by atomic mass is 35.5. The molecule has 18 heavy (non-hydrogen) atoms. The molecule has 0 heterocycles. The zero-order valence-corrected chi connectivity index (χ0v) is 10.7. The molecule has 7 heteroatoms. The van der Waals surface area contributed by atoms with Gasteiger partial charge >= 0.3 is 0 Å². The number of nitrogens with two attached hydrogens (primary N) is 1. The molecular formula is C11H14ClN3O3. The van der Waals surface area contributed by atoms with Crippen LogP contribution in [0, 0.1) is 17.0 Å². The van der Waals surface area contributed by atoms with Crippen molar-refractivity contribution >= 4 is 28.9 Å². The Bertz CT molecular complexity index is 477. The summed E-state index contributed by atoms with van der Waals surface area (Å²) >= 11 is 5.77. The molecule has 1 aromatic rings. The average molecular weight is 272 g/mol. The zero-order chi connectivity index (χ0) is 13.7. The van der Waals surface area contributed by atoms with Crippen LogP contribution in [0.4, 0.5) is 11.4 Å². The number of benzene rings is 1. The molecule has 0 unspecified atom stereocenters. The van der Waals surface area contributed by atoms with E-state index in [1.807, 2.05) is 0 Å². The Labute approximate surface area is 109 Å². The van der Waals surface area contributed by atoms with Gasteiger partial charge in [-0.3, -0.25) is 14.9 Å². The second-order valence-electron chi connectivity index (χ2n) is 3.82. The third-order valence-corrected chi connectivity index (χ3v) is 2.68. The SMILES string of the molecule is Cc1cc([N+](=O)[O-])c(Cl)cc1NC(=O)CCCN. The van der Waals surface area contributed by atoms with E-state index < -0.39 is 4.92 Å². The predicted molar refractivity (Wildman–Crippen MR) is 69.8 cm³/mol. The van der Waals surface area contributed by atoms with Crippen LogP contribution in [-0.2, 0) is 4.79 Å². The first-order valence-electron chi connectivity index (χ1n) is 5.40. The van der Waals surface area contributed by atoms with Crippen molar-refractivity contribution in [3.05, 3.63) is 32.8 Å². The number of nitro groups is 1. The van der Waals surface area contributed by atoms with E-state index in [0.717, 1.165) is 0 Å². The van der Waals surface area contributed by atoms with E-state index in [1.165, 1.54) is 12.1 Å². The maximum atomic E-state index is 11.5. The molecule has 1 aromatic carbocycles. The van der Waals surface area contributed by atoms with Crippen LogP contribution in [0.15, 0.2) is 12.1 Å². The maximum absolute atomic E-state index is 11.5. The Kier molecular flexibility index (Phi) is 5.06. The molecule has 0 spiro atoms. The average Bonchev–Trinajstić information content (AvgIpc) is 2.30. The lowest BCUT2D eigenvalue weighted by atomic mass is 10.1. The first kappa shape index (κ1) is 14.4. The molecule has 0 radical (unpaired) electrons. The van der Waals surface area contributed by atoms with E-state index in [-0.39, 0.29) is 16.6 Å². The molecule has 6 nitrogen and oxygen atoms in total. The molecule has 0 bridgehead atoms. The number of nitro benzene ring substituents is 1. The summed E-state index contributed by atoms with van der Waals surface area (Å²) < 4.78 is 0. The summed E-state index contributed by atoms with van der Waals surface area (Å²) in [6, 6.07) is 2.72. The Hall–Kier alpha value is -1.66. The zero-order valence-electron chi connectivity index (χ0n) is 9.90. The van der Waals surface area contributed by atoms with Crippen molar-refractivity contribution in [3.8, 4) is 0 Å². The number of halogens is 1. The van der Waals surface area contributed by atoms with Crippen molar-refractivity contribution in [2.45, 2.75) is 19.8 Å². The summed E-state index contributed by atoms with van der Waals surface area (Å²) in [6.07, 6.45) is 0.899. The van der Waals surface area contributed by atoms with Crippen LogP contribution < -0.4 is 11.1 Å². The molecule has 0 aromatic heterocycles. The van der Waals surface area contributed by atoms with Gasteiger partial charge in [0.05, 0.1) is 4.92 Å². The molecular weight excluding hydrogens is 258 g/mol. The van der Waals surface area contributed by atoms with Crippen LogP contribution in [0.25, 0.3) is 0 Å². The predicted octanol–water partition coefficient (Wildman–Crippen LogP) is 2.23. The van der Waals surface area contributed by atoms with Crippen molar-refractivity contribution in [3.63, 3.8) is 0 Å². The van der Waals surface area contributed by atoms with Gasteiger partial charge in [-0.15, -0.1) is 0 Å². The lowest BCUT2D eigenvalue weighted by molar-refractivity contribution is -0.384. The number of hydrogen-bond donors (Lipinski definition) is 2. The summed E-state index contributed by atoms with van der Waals surface area (Å²) in [6.45, 7) is 2.11. The highest BCUT2D eigenvalue weighted by Gasteiger charge is 2.15. The number of rotatable bonds is 5. The molecule has 0 fully saturated rings. The van der Waals surface area contributed by atoms with Gasteiger partial charge in [0, 0.05) is 18.2 Å². The summed E-state index contributed by atoms with van der Waals surface area (Å²) in [4.78, 5) is 21.6. The molecule has 0 aliphatic carbocycles. The Morgan fingerprint density at radius 3 is 2.78 bits per heavy atom. The number of aryl methyl sites for hydroxylation is 1. The Morgan fingerprint density at radius 1 is 1.56 bits per heavy atom. The smallest absolute Gasteiger partial charge is 0.288 e. The largest absolute Gasteiger partial charge is 0.330 e. The van der Waals surface area contributed by atoms with Gasteiger partial charge in [0.25, 0.3) is 5.69 Å². The summed E-state index contributed by atoms with van der Waals surface area (Å²) in [7, 11) is 0. The van der Waals surface area contributed by atoms with E-state index in [2.05, 4.69) is 5.32 Å². The fourth-order valence-electron chi connectivity index (χ4n) is 1.42. The molecule has 0 atom stereocenters. The van der Waals surface area contributed by atoms with Crippen LogP contribution in [0.3, 0.4) is 0 Å². The van der Waals surface area contributed by atoms with Gasteiger partial charge in [0.1, 0.15) is 5.02 Å². The van der Waals surface area contributed by atoms with Crippen LogP contribution in [0.5, 0.6) is 0 Å². The van der Waals surface area contributed by atoms with Gasteiger partial charge in [0.15, 0.2) is 0 Å². The Morgan fingerprint density at radius 2 is 2.22 bits per heavy atom. The van der Waals surface area contributed by atoms with Gasteiger partial charge in [-0.05, 0) is 31.5 Å². The highest BCUT2D eigenvalue weighted by molar-refractivity contribution is 6.33. The quantitative estimate of drug-likeness (QED) is 0.634. The normalized spacial score (nSPS) is 10.2. The van der Waals surface area contributed by atoms with Crippen LogP contribution in [-0.4, -0.2) is 17.4 Å². The highest BCUT2D eigenvalue weighted by Crippen LogP contribution is 2.30. The maximum Gasteiger partial charge on any atom is 0.288 e. The number of hydrogen-bond acceptors (Lipinski definition) is 4. The standard InChI is InChI=1S/C11H14ClN3O3/c1-7-5-10(15(17)18)8(12)6-9(7)14-11(16)3-2-4-13/h5-6H,2-4,13H2,1H3,(H,14,16). The van der Waals surface area contributed by atoms with Crippen LogP contribution in [0.2, 0.25) is 5.02 Å². The monoisotopic (exact) mass is 271 g/mol. The molecule has 1 rings (SSSR count). The molecule has 0 saturated carbocycles. The number of nitrogens with zero attached hydrogens (tertiary/aromatic N) is 1. The summed E-state index contributed by atoms with van der Waals surface area (Å²) in [5.74, 6) is -0.187. The number of anilines is 1. The molecule has 1 amide bonds. The van der Waals surface area contributed by atoms with Crippen molar-refractivity contribution in [2.75, 3.05) is 11.9 Å². The van der Waals surface area contributed by atoms with Crippen molar-refractivity contribution < 1.29 is 9.72 Å². The first-order chi connectivity index (χ1) is 8.45. The van der Waals surface area contributed by atoms with Gasteiger partial charge in [-0.25, -0.2) is 0 Å². The van der Waals surface area contributed by atoms with E-state index >= 15 is 0 Å². The van der Waals surface area contributed by atoms with Gasteiger partial charge < -0.3 is 11.1 Å². The minimum Gasteiger partial charge on any atom is -0.330 e. The third-order valence-electron chi connectivity index (χ3n) is 2.37. The van der Waals surface area contributed by atoms with Crippen LogP contribution >= 0.6 is 11.6 Å². The lowest BCUT2D eigenvalue weighted by Gasteiger charge is -2.08. The van der Waals surface area contributed by atoms with Crippen molar-refractivity contribution in [1.82, 2.24) is 0 Å². The van der Waals surface area contributed by atoms with E-state index in [4.69, 9.17) is 17.3 Å². The van der Waals surface area contributed by atoms with E-state index in [1.54, 1.807) is 6.92 Å². The fraction of sp³-hybridized carbons (Fsp3) is 0.364. The minimum atomic E-state index is -0.560. The molecule has 0 saturated heterocycles. The molecule has 3 N–H and O–H groups in total.